The fourth-order valence-corrected chi connectivity index (χ4v) is 2.24. The van der Waals surface area contributed by atoms with Gasteiger partial charge in [-0.15, -0.1) is 0 Å². The molecule has 2 aromatic carbocycles. The molecule has 2 aromatic rings. The summed E-state index contributed by atoms with van der Waals surface area (Å²) in [5.41, 5.74) is 2.05. The third-order valence-electron chi connectivity index (χ3n) is 3.37. The second kappa shape index (κ2) is 7.85. The highest BCUT2D eigenvalue weighted by atomic mass is 35.5. The lowest BCUT2D eigenvalue weighted by atomic mass is 10.2. The van der Waals surface area contributed by atoms with Gasteiger partial charge in [-0.3, -0.25) is 4.79 Å². The van der Waals surface area contributed by atoms with Crippen LogP contribution in [0.1, 0.15) is 24.5 Å². The largest absolute Gasteiger partial charge is 0.481 e. The van der Waals surface area contributed by atoms with Crippen LogP contribution in [0, 0.1) is 6.92 Å². The van der Waals surface area contributed by atoms with Crippen molar-refractivity contribution < 1.29 is 9.53 Å². The van der Waals surface area contributed by atoms with E-state index in [1.165, 1.54) is 0 Å². The number of hydrogen-bond donors (Lipinski definition) is 1. The summed E-state index contributed by atoms with van der Waals surface area (Å²) in [6, 6.07) is 15.1. The lowest BCUT2D eigenvalue weighted by Crippen LogP contribution is -2.37. The van der Waals surface area contributed by atoms with Crippen molar-refractivity contribution in [3.8, 4) is 5.75 Å². The van der Waals surface area contributed by atoms with E-state index in [0.29, 0.717) is 23.7 Å². The molecule has 0 saturated carbocycles. The quantitative estimate of drug-likeness (QED) is 0.870. The van der Waals surface area contributed by atoms with Crippen molar-refractivity contribution in [2.45, 2.75) is 32.9 Å². The summed E-state index contributed by atoms with van der Waals surface area (Å²) in [6.07, 6.45) is 0.0904. The van der Waals surface area contributed by atoms with Crippen LogP contribution in [-0.2, 0) is 11.3 Å². The highest BCUT2D eigenvalue weighted by Crippen LogP contribution is 2.16. The molecule has 0 saturated heterocycles. The molecular weight excluding hydrogens is 298 g/mol. The molecule has 0 unspecified atom stereocenters. The summed E-state index contributed by atoms with van der Waals surface area (Å²) in [5, 5.41) is 3.52. The molecule has 0 fully saturated rings. The molecule has 1 atom stereocenters. The van der Waals surface area contributed by atoms with Crippen LogP contribution in [0.25, 0.3) is 0 Å². The highest BCUT2D eigenvalue weighted by molar-refractivity contribution is 6.31. The average Bonchev–Trinajstić information content (AvgIpc) is 2.53. The van der Waals surface area contributed by atoms with Crippen molar-refractivity contribution in [2.75, 3.05) is 0 Å². The topological polar surface area (TPSA) is 38.3 Å². The third-order valence-corrected chi connectivity index (χ3v) is 3.74. The molecule has 1 amide bonds. The van der Waals surface area contributed by atoms with Crippen LogP contribution in [-0.4, -0.2) is 12.0 Å². The molecule has 0 aliphatic heterocycles. The molecular formula is C18H20ClNO2. The van der Waals surface area contributed by atoms with Crippen LogP contribution in [0.15, 0.2) is 48.5 Å². The number of carbonyl (C=O) groups excluding carboxylic acids is 1. The van der Waals surface area contributed by atoms with Crippen LogP contribution >= 0.6 is 11.6 Å². The van der Waals surface area contributed by atoms with Gasteiger partial charge < -0.3 is 10.1 Å². The molecule has 0 heterocycles. The minimum Gasteiger partial charge on any atom is -0.481 e. The number of ether oxygens (including phenoxy) is 1. The minimum atomic E-state index is -0.509. The number of halogens is 1. The number of rotatable bonds is 6. The predicted molar refractivity (Wildman–Crippen MR) is 89.2 cm³/mol. The number of benzene rings is 2. The molecule has 0 bridgehead atoms. The standard InChI is InChI=1S/C18H20ClNO2/c1-3-17(22-15-10-8-13(2)9-11-15)18(21)20-12-14-6-4-5-7-16(14)19/h4-11,17H,3,12H2,1-2H3,(H,20,21)/t17-/m0/s1. The van der Waals surface area contributed by atoms with E-state index in [2.05, 4.69) is 5.32 Å². The van der Waals surface area contributed by atoms with E-state index in [0.717, 1.165) is 11.1 Å². The summed E-state index contributed by atoms with van der Waals surface area (Å²) in [7, 11) is 0. The van der Waals surface area contributed by atoms with Crippen LogP contribution in [0.2, 0.25) is 5.02 Å². The van der Waals surface area contributed by atoms with Gasteiger partial charge in [0.15, 0.2) is 6.10 Å². The van der Waals surface area contributed by atoms with Crippen molar-refractivity contribution in [2.24, 2.45) is 0 Å². The van der Waals surface area contributed by atoms with E-state index in [9.17, 15) is 4.79 Å². The first-order valence-electron chi connectivity index (χ1n) is 7.34. The Labute approximate surface area is 136 Å². The zero-order valence-electron chi connectivity index (χ0n) is 12.8. The Bertz CT molecular complexity index is 625. The van der Waals surface area contributed by atoms with Gasteiger partial charge in [-0.1, -0.05) is 54.4 Å². The second-order valence-electron chi connectivity index (χ2n) is 5.14. The summed E-state index contributed by atoms with van der Waals surface area (Å²) < 4.78 is 5.75. The summed E-state index contributed by atoms with van der Waals surface area (Å²) in [5.74, 6) is 0.563. The Kier molecular flexibility index (Phi) is 5.84. The van der Waals surface area contributed by atoms with Crippen LogP contribution in [0.3, 0.4) is 0 Å². The molecule has 116 valence electrons. The first-order valence-corrected chi connectivity index (χ1v) is 7.72. The Hall–Kier alpha value is -2.00. The van der Waals surface area contributed by atoms with Gasteiger partial charge in [0.25, 0.3) is 5.91 Å². The lowest BCUT2D eigenvalue weighted by molar-refractivity contribution is -0.128. The minimum absolute atomic E-state index is 0.136. The molecule has 0 aliphatic carbocycles. The summed E-state index contributed by atoms with van der Waals surface area (Å²) in [6.45, 7) is 4.33. The maximum atomic E-state index is 12.3. The summed E-state index contributed by atoms with van der Waals surface area (Å²) in [4.78, 5) is 12.3. The van der Waals surface area contributed by atoms with E-state index < -0.39 is 6.10 Å². The molecule has 0 aromatic heterocycles. The van der Waals surface area contributed by atoms with Crippen molar-refractivity contribution >= 4 is 17.5 Å². The normalized spacial score (nSPS) is 11.8. The number of aryl methyl sites for hydroxylation is 1. The van der Waals surface area contributed by atoms with Crippen molar-refractivity contribution in [3.05, 3.63) is 64.7 Å². The van der Waals surface area contributed by atoms with Gasteiger partial charge in [0.05, 0.1) is 0 Å². The van der Waals surface area contributed by atoms with E-state index in [1.54, 1.807) is 0 Å². The molecule has 22 heavy (non-hydrogen) atoms. The lowest BCUT2D eigenvalue weighted by Gasteiger charge is -2.17. The first kappa shape index (κ1) is 16.4. The fraction of sp³-hybridized carbons (Fsp3) is 0.278. The molecule has 0 radical (unpaired) electrons. The van der Waals surface area contributed by atoms with Crippen LogP contribution in [0.4, 0.5) is 0 Å². The zero-order chi connectivity index (χ0) is 15.9. The maximum Gasteiger partial charge on any atom is 0.261 e. The fourth-order valence-electron chi connectivity index (χ4n) is 2.04. The Morgan fingerprint density at radius 3 is 2.50 bits per heavy atom. The zero-order valence-corrected chi connectivity index (χ0v) is 13.6. The smallest absolute Gasteiger partial charge is 0.261 e. The Morgan fingerprint density at radius 2 is 1.86 bits per heavy atom. The van der Waals surface area contributed by atoms with Crippen molar-refractivity contribution in [1.82, 2.24) is 5.32 Å². The van der Waals surface area contributed by atoms with Gasteiger partial charge in [0, 0.05) is 11.6 Å². The number of carbonyl (C=O) groups is 1. The monoisotopic (exact) mass is 317 g/mol. The van der Waals surface area contributed by atoms with Crippen molar-refractivity contribution in [3.63, 3.8) is 0 Å². The molecule has 0 spiro atoms. The molecule has 0 aliphatic rings. The average molecular weight is 318 g/mol. The highest BCUT2D eigenvalue weighted by Gasteiger charge is 2.18. The Balaban J connectivity index is 1.94. The second-order valence-corrected chi connectivity index (χ2v) is 5.54. The maximum absolute atomic E-state index is 12.3. The van der Waals surface area contributed by atoms with Crippen LogP contribution in [0.5, 0.6) is 5.75 Å². The first-order chi connectivity index (χ1) is 10.6. The van der Waals surface area contributed by atoms with Gasteiger partial charge in [0.2, 0.25) is 0 Å². The Morgan fingerprint density at radius 1 is 1.18 bits per heavy atom. The summed E-state index contributed by atoms with van der Waals surface area (Å²) >= 11 is 6.08. The number of hydrogen-bond acceptors (Lipinski definition) is 2. The molecule has 1 N–H and O–H groups in total. The predicted octanol–water partition coefficient (Wildman–Crippen LogP) is 4.12. The van der Waals surface area contributed by atoms with Gasteiger partial charge >= 0.3 is 0 Å². The van der Waals surface area contributed by atoms with Crippen LogP contribution < -0.4 is 10.1 Å². The van der Waals surface area contributed by atoms with E-state index in [4.69, 9.17) is 16.3 Å². The van der Waals surface area contributed by atoms with Crippen molar-refractivity contribution in [1.29, 1.82) is 0 Å². The van der Waals surface area contributed by atoms with Gasteiger partial charge in [0.1, 0.15) is 5.75 Å². The molecule has 3 nitrogen and oxygen atoms in total. The SMILES string of the molecule is CC[C@H](Oc1ccc(C)cc1)C(=O)NCc1ccccc1Cl. The molecule has 2 rings (SSSR count). The van der Waals surface area contributed by atoms with Gasteiger partial charge in [-0.05, 0) is 37.1 Å². The van der Waals surface area contributed by atoms with E-state index in [-0.39, 0.29) is 5.91 Å². The third kappa shape index (κ3) is 4.50. The number of amides is 1. The van der Waals surface area contributed by atoms with Gasteiger partial charge in [-0.25, -0.2) is 0 Å². The van der Waals surface area contributed by atoms with E-state index in [1.807, 2.05) is 62.4 Å². The van der Waals surface area contributed by atoms with Gasteiger partial charge in [-0.2, -0.15) is 0 Å². The number of nitrogens with one attached hydrogen (secondary N) is 1. The van der Waals surface area contributed by atoms with E-state index >= 15 is 0 Å². The molecule has 4 heteroatoms.